The fourth-order valence-electron chi connectivity index (χ4n) is 5.79. The summed E-state index contributed by atoms with van der Waals surface area (Å²) < 4.78 is 5.52. The van der Waals surface area contributed by atoms with Crippen LogP contribution in [0.25, 0.3) is 22.3 Å². The highest BCUT2D eigenvalue weighted by Crippen LogP contribution is 2.42. The lowest BCUT2D eigenvalue weighted by atomic mass is 9.89. The number of rotatable bonds is 5. The van der Waals surface area contributed by atoms with Crippen LogP contribution in [0.5, 0.6) is 0 Å². The van der Waals surface area contributed by atoms with Gasteiger partial charge in [0.1, 0.15) is 12.1 Å². The highest BCUT2D eigenvalue weighted by atomic mass is 16.6. The average Bonchev–Trinajstić information content (AvgIpc) is 3.28. The van der Waals surface area contributed by atoms with Crippen molar-refractivity contribution in [2.75, 3.05) is 31.6 Å². The van der Waals surface area contributed by atoms with Gasteiger partial charge in [0.15, 0.2) is 0 Å². The fraction of sp³-hybridized carbons (Fsp3) is 0.407. The van der Waals surface area contributed by atoms with Crippen molar-refractivity contribution in [2.45, 2.75) is 44.2 Å². The van der Waals surface area contributed by atoms with Crippen LogP contribution < -0.4 is 5.32 Å². The molecule has 2 heterocycles. The molecular formula is C27H29N5O3. The molecule has 180 valence electrons. The predicted molar refractivity (Wildman–Crippen MR) is 134 cm³/mol. The van der Waals surface area contributed by atoms with Gasteiger partial charge in [-0.15, -0.1) is 0 Å². The second-order valence-electron chi connectivity index (χ2n) is 9.70. The Labute approximate surface area is 204 Å². The van der Waals surface area contributed by atoms with Gasteiger partial charge in [0.05, 0.1) is 23.8 Å². The molecule has 35 heavy (non-hydrogen) atoms. The van der Waals surface area contributed by atoms with Crippen LogP contribution >= 0.6 is 0 Å². The summed E-state index contributed by atoms with van der Waals surface area (Å²) in [6.07, 6.45) is 7.08. The van der Waals surface area contributed by atoms with Gasteiger partial charge < -0.3 is 10.1 Å². The average molecular weight is 472 g/mol. The Morgan fingerprint density at radius 1 is 1.00 bits per heavy atom. The van der Waals surface area contributed by atoms with Crippen molar-refractivity contribution in [3.8, 4) is 22.3 Å². The minimum absolute atomic E-state index is 0.0989. The van der Waals surface area contributed by atoms with Crippen LogP contribution in [-0.2, 0) is 11.2 Å². The molecule has 8 nitrogen and oxygen atoms in total. The largest absolute Gasteiger partial charge is 0.379 e. The lowest BCUT2D eigenvalue weighted by Gasteiger charge is -2.39. The van der Waals surface area contributed by atoms with E-state index in [1.807, 2.05) is 12.1 Å². The number of aromatic nitrogens is 2. The van der Waals surface area contributed by atoms with Gasteiger partial charge in [-0.25, -0.2) is 9.97 Å². The molecule has 3 aliphatic rings. The van der Waals surface area contributed by atoms with Crippen LogP contribution in [0.1, 0.15) is 36.9 Å². The van der Waals surface area contributed by atoms with E-state index in [2.05, 4.69) is 32.3 Å². The van der Waals surface area contributed by atoms with Crippen molar-refractivity contribution in [1.82, 2.24) is 14.9 Å². The minimum atomic E-state index is -0.351. The van der Waals surface area contributed by atoms with Gasteiger partial charge >= 0.3 is 0 Å². The summed E-state index contributed by atoms with van der Waals surface area (Å²) in [5, 5.41) is 15.0. The molecule has 0 spiro atoms. The van der Waals surface area contributed by atoms with E-state index in [0.717, 1.165) is 79.3 Å². The number of non-ortho nitro benzene ring substituents is 1. The Balaban J connectivity index is 1.23. The molecule has 3 aromatic rings. The Bertz CT molecular complexity index is 1250. The summed E-state index contributed by atoms with van der Waals surface area (Å²) >= 11 is 0. The molecule has 0 amide bonds. The van der Waals surface area contributed by atoms with Crippen LogP contribution in [0.15, 0.2) is 48.8 Å². The van der Waals surface area contributed by atoms with Gasteiger partial charge in [0, 0.05) is 49.3 Å². The van der Waals surface area contributed by atoms with Gasteiger partial charge in [0.25, 0.3) is 5.69 Å². The van der Waals surface area contributed by atoms with Crippen LogP contribution in [0.2, 0.25) is 0 Å². The van der Waals surface area contributed by atoms with Gasteiger partial charge in [0.2, 0.25) is 0 Å². The molecule has 1 N–H and O–H groups in total. The number of nitro benzene ring substituents is 1. The maximum absolute atomic E-state index is 11.3. The fourth-order valence-corrected chi connectivity index (χ4v) is 5.79. The summed E-state index contributed by atoms with van der Waals surface area (Å²) in [4.78, 5) is 22.7. The second kappa shape index (κ2) is 9.36. The highest BCUT2D eigenvalue weighted by molar-refractivity contribution is 5.87. The first-order chi connectivity index (χ1) is 17.2. The normalized spacial score (nSPS) is 21.8. The zero-order chi connectivity index (χ0) is 23.8. The Kier molecular flexibility index (Phi) is 5.91. The number of hydrogen-bond acceptors (Lipinski definition) is 7. The molecule has 2 aromatic carbocycles. The molecular weight excluding hydrogens is 442 g/mol. The number of nitrogens with one attached hydrogen (secondary N) is 1. The van der Waals surface area contributed by atoms with Crippen LogP contribution in [0, 0.1) is 10.1 Å². The van der Waals surface area contributed by atoms with Crippen LogP contribution in [-0.4, -0.2) is 58.2 Å². The number of morpholine rings is 1. The van der Waals surface area contributed by atoms with E-state index in [1.165, 1.54) is 24.5 Å². The minimum Gasteiger partial charge on any atom is -0.379 e. The maximum Gasteiger partial charge on any atom is 0.270 e. The first-order valence-corrected chi connectivity index (χ1v) is 12.5. The number of nitro groups is 1. The number of hydrogen-bond donors (Lipinski definition) is 1. The summed E-state index contributed by atoms with van der Waals surface area (Å²) in [5.41, 5.74) is 6.34. The standard InChI is InChI=1S/C27H29N5O3/c33-32(34)23-3-1-2-18(14-23)19-4-5-20-16-25-26(24(20)15-19)27(29-17-28-25)30-21-6-8-22(9-7-21)31-10-12-35-13-11-31/h1-5,14-15,17,21-22H,6-13,16H2,(H,28,29,30). The molecule has 2 fully saturated rings. The third-order valence-corrected chi connectivity index (χ3v) is 7.65. The zero-order valence-electron chi connectivity index (χ0n) is 19.7. The van der Waals surface area contributed by atoms with E-state index < -0.39 is 0 Å². The van der Waals surface area contributed by atoms with Crippen molar-refractivity contribution in [3.63, 3.8) is 0 Å². The Morgan fingerprint density at radius 2 is 1.80 bits per heavy atom. The SMILES string of the molecule is O=[N+]([O-])c1cccc(-c2ccc3c(c2)-c2c(ncnc2NC2CCC(N4CCOCC4)CC2)C3)c1. The van der Waals surface area contributed by atoms with Crippen molar-refractivity contribution in [2.24, 2.45) is 0 Å². The Hall–Kier alpha value is -3.36. The topological polar surface area (TPSA) is 93.4 Å². The van der Waals surface area contributed by atoms with Crippen molar-refractivity contribution in [3.05, 3.63) is 70.2 Å². The predicted octanol–water partition coefficient (Wildman–Crippen LogP) is 4.68. The van der Waals surface area contributed by atoms with Gasteiger partial charge in [-0.05, 0) is 54.0 Å². The summed E-state index contributed by atoms with van der Waals surface area (Å²) in [6.45, 7) is 3.80. The van der Waals surface area contributed by atoms with E-state index in [-0.39, 0.29) is 10.6 Å². The number of nitrogens with zero attached hydrogens (tertiary/aromatic N) is 4. The highest BCUT2D eigenvalue weighted by Gasteiger charge is 2.29. The molecule has 1 saturated carbocycles. The molecule has 0 radical (unpaired) electrons. The smallest absolute Gasteiger partial charge is 0.270 e. The number of ether oxygens (including phenoxy) is 1. The molecule has 0 atom stereocenters. The molecule has 0 bridgehead atoms. The number of benzene rings is 2. The van der Waals surface area contributed by atoms with E-state index in [9.17, 15) is 10.1 Å². The third-order valence-electron chi connectivity index (χ3n) is 7.65. The number of fused-ring (bicyclic) bond motifs is 3. The monoisotopic (exact) mass is 471 g/mol. The van der Waals surface area contributed by atoms with Crippen molar-refractivity contribution >= 4 is 11.5 Å². The first-order valence-electron chi connectivity index (χ1n) is 12.5. The van der Waals surface area contributed by atoms with Crippen LogP contribution in [0.3, 0.4) is 0 Å². The number of anilines is 1. The first kappa shape index (κ1) is 22.1. The van der Waals surface area contributed by atoms with E-state index >= 15 is 0 Å². The second-order valence-corrected chi connectivity index (χ2v) is 9.70. The maximum atomic E-state index is 11.3. The van der Waals surface area contributed by atoms with Gasteiger partial charge in [-0.3, -0.25) is 15.0 Å². The van der Waals surface area contributed by atoms with Crippen LogP contribution in [0.4, 0.5) is 11.5 Å². The molecule has 8 heteroatoms. The summed E-state index contributed by atoms with van der Waals surface area (Å²) in [6, 6.07) is 14.1. The van der Waals surface area contributed by atoms with E-state index in [1.54, 1.807) is 18.5 Å². The molecule has 0 unspecified atom stereocenters. The molecule has 1 aromatic heterocycles. The Morgan fingerprint density at radius 3 is 2.60 bits per heavy atom. The van der Waals surface area contributed by atoms with E-state index in [0.29, 0.717) is 12.1 Å². The third kappa shape index (κ3) is 4.39. The molecule has 1 aliphatic heterocycles. The lowest BCUT2D eigenvalue weighted by Crippen LogP contribution is -2.46. The van der Waals surface area contributed by atoms with Gasteiger partial charge in [-0.2, -0.15) is 0 Å². The van der Waals surface area contributed by atoms with Crippen molar-refractivity contribution in [1.29, 1.82) is 0 Å². The van der Waals surface area contributed by atoms with E-state index in [4.69, 9.17) is 4.74 Å². The molecule has 1 saturated heterocycles. The summed E-state index contributed by atoms with van der Waals surface area (Å²) in [5.74, 6) is 0.903. The van der Waals surface area contributed by atoms with Gasteiger partial charge in [-0.1, -0.05) is 24.3 Å². The zero-order valence-corrected chi connectivity index (χ0v) is 19.7. The van der Waals surface area contributed by atoms with Crippen molar-refractivity contribution < 1.29 is 9.66 Å². The quantitative estimate of drug-likeness (QED) is 0.334. The summed E-state index contributed by atoms with van der Waals surface area (Å²) in [7, 11) is 0. The lowest BCUT2D eigenvalue weighted by molar-refractivity contribution is -0.384. The molecule has 6 rings (SSSR count). The molecule has 2 aliphatic carbocycles.